The predicted octanol–water partition coefficient (Wildman–Crippen LogP) is 2.57. The summed E-state index contributed by atoms with van der Waals surface area (Å²) < 4.78 is 25.9. The Hall–Kier alpha value is -1.52. The summed E-state index contributed by atoms with van der Waals surface area (Å²) in [5.41, 5.74) is 1.28. The molecule has 1 aromatic carbocycles. The number of carbonyl (C=O) groups excluding carboxylic acids is 1. The summed E-state index contributed by atoms with van der Waals surface area (Å²) in [5, 5.41) is 3.48. The molecule has 1 aliphatic heterocycles. The summed E-state index contributed by atoms with van der Waals surface area (Å²) in [6.45, 7) is 5.46. The Morgan fingerprint density at radius 3 is 2.52 bits per heavy atom. The first-order valence-corrected chi connectivity index (χ1v) is 12.1. The number of thiazole rings is 1. The lowest BCUT2D eigenvalue weighted by Gasteiger charge is -2.34. The lowest BCUT2D eigenvalue weighted by Crippen LogP contribution is -2.48. The van der Waals surface area contributed by atoms with Gasteiger partial charge in [0.15, 0.2) is 0 Å². The van der Waals surface area contributed by atoms with Crippen molar-refractivity contribution in [3.63, 3.8) is 0 Å². The summed E-state index contributed by atoms with van der Waals surface area (Å²) in [4.78, 5) is 21.6. The Morgan fingerprint density at radius 1 is 1.24 bits per heavy atom. The van der Waals surface area contributed by atoms with Crippen LogP contribution in [0.25, 0.3) is 0 Å². The minimum atomic E-state index is -3.63. The lowest BCUT2D eigenvalue weighted by molar-refractivity contribution is 0.0627. The van der Waals surface area contributed by atoms with Gasteiger partial charge in [-0.2, -0.15) is 0 Å². The van der Waals surface area contributed by atoms with Crippen LogP contribution in [0.15, 0.2) is 28.5 Å². The van der Waals surface area contributed by atoms with Crippen molar-refractivity contribution in [1.29, 1.82) is 0 Å². The SMILES string of the molecule is CCc1nc(CN2CCN(C(=O)c3cc(S(=O)(=O)N(C)C)ccc3Cl)CC2)cs1. The normalized spacial score (nSPS) is 15.8. The third kappa shape index (κ3) is 4.97. The van der Waals surface area contributed by atoms with E-state index in [2.05, 4.69) is 22.2 Å². The Morgan fingerprint density at radius 2 is 1.93 bits per heavy atom. The quantitative estimate of drug-likeness (QED) is 0.667. The van der Waals surface area contributed by atoms with Gasteiger partial charge in [-0.05, 0) is 24.6 Å². The predicted molar refractivity (Wildman–Crippen MR) is 115 cm³/mol. The van der Waals surface area contributed by atoms with Crippen LogP contribution in [0.2, 0.25) is 5.02 Å². The molecule has 1 amide bonds. The van der Waals surface area contributed by atoms with Crippen molar-refractivity contribution in [3.8, 4) is 0 Å². The number of piperazine rings is 1. The Kier molecular flexibility index (Phi) is 6.95. The van der Waals surface area contributed by atoms with Gasteiger partial charge in [0.2, 0.25) is 10.0 Å². The van der Waals surface area contributed by atoms with Crippen molar-refractivity contribution < 1.29 is 13.2 Å². The maximum absolute atomic E-state index is 13.0. The Balaban J connectivity index is 1.67. The Labute approximate surface area is 180 Å². The van der Waals surface area contributed by atoms with E-state index in [9.17, 15) is 13.2 Å². The molecule has 0 aliphatic carbocycles. The minimum Gasteiger partial charge on any atom is -0.336 e. The topological polar surface area (TPSA) is 73.8 Å². The highest BCUT2D eigenvalue weighted by Gasteiger charge is 2.26. The zero-order valence-corrected chi connectivity index (χ0v) is 19.1. The van der Waals surface area contributed by atoms with Gasteiger partial charge in [-0.25, -0.2) is 17.7 Å². The molecule has 0 atom stereocenters. The Bertz CT molecular complexity index is 983. The second-order valence-electron chi connectivity index (χ2n) is 7.08. The number of halogens is 1. The maximum atomic E-state index is 13.0. The molecule has 0 bridgehead atoms. The van der Waals surface area contributed by atoms with Crippen LogP contribution in [0.5, 0.6) is 0 Å². The molecule has 1 saturated heterocycles. The van der Waals surface area contributed by atoms with Gasteiger partial charge >= 0.3 is 0 Å². The molecule has 0 unspecified atom stereocenters. The van der Waals surface area contributed by atoms with Crippen molar-refractivity contribution in [1.82, 2.24) is 19.1 Å². The van der Waals surface area contributed by atoms with Crippen molar-refractivity contribution in [2.24, 2.45) is 0 Å². The number of aromatic nitrogens is 1. The van der Waals surface area contributed by atoms with Crippen molar-refractivity contribution in [2.75, 3.05) is 40.3 Å². The van der Waals surface area contributed by atoms with Gasteiger partial charge < -0.3 is 4.90 Å². The van der Waals surface area contributed by atoms with E-state index in [0.717, 1.165) is 41.1 Å². The van der Waals surface area contributed by atoms with Crippen LogP contribution in [0, 0.1) is 0 Å². The number of rotatable bonds is 6. The van der Waals surface area contributed by atoms with Crippen molar-refractivity contribution >= 4 is 38.9 Å². The average Bonchev–Trinajstić information content (AvgIpc) is 3.15. The van der Waals surface area contributed by atoms with Gasteiger partial charge in [-0.15, -0.1) is 11.3 Å². The van der Waals surface area contributed by atoms with Gasteiger partial charge in [0.25, 0.3) is 5.91 Å². The average molecular weight is 457 g/mol. The molecular weight excluding hydrogens is 432 g/mol. The minimum absolute atomic E-state index is 0.0594. The molecular formula is C19H25ClN4O3S2. The number of hydrogen-bond donors (Lipinski definition) is 0. The standard InChI is InChI=1S/C19H25ClN4O3S2/c1-4-18-21-14(13-28-18)12-23-7-9-24(10-8-23)19(25)16-11-15(5-6-17(16)20)29(26,27)22(2)3/h5-6,11,13H,4,7-10,12H2,1-3H3. The van der Waals surface area contributed by atoms with Crippen molar-refractivity contribution in [2.45, 2.75) is 24.8 Å². The largest absolute Gasteiger partial charge is 0.336 e. The molecule has 158 valence electrons. The van der Waals surface area contributed by atoms with E-state index in [1.165, 1.54) is 32.3 Å². The monoisotopic (exact) mass is 456 g/mol. The van der Waals surface area contributed by atoms with Crippen LogP contribution in [-0.2, 0) is 23.0 Å². The zero-order chi connectivity index (χ0) is 21.2. The van der Waals surface area contributed by atoms with Crippen LogP contribution in [0.3, 0.4) is 0 Å². The summed E-state index contributed by atoms with van der Waals surface area (Å²) >= 11 is 7.90. The molecule has 3 rings (SSSR count). The number of hydrogen-bond acceptors (Lipinski definition) is 6. The number of benzene rings is 1. The summed E-state index contributed by atoms with van der Waals surface area (Å²) in [7, 11) is -0.725. The molecule has 0 radical (unpaired) electrons. The number of aryl methyl sites for hydroxylation is 1. The second-order valence-corrected chi connectivity index (χ2v) is 10.6. The molecule has 2 heterocycles. The fourth-order valence-corrected chi connectivity index (χ4v) is 4.99. The van der Waals surface area contributed by atoms with Crippen molar-refractivity contribution in [3.05, 3.63) is 44.9 Å². The second kappa shape index (κ2) is 9.09. The molecule has 0 saturated carbocycles. The van der Waals surface area contributed by atoms with E-state index in [-0.39, 0.29) is 21.4 Å². The van der Waals surface area contributed by atoms with E-state index >= 15 is 0 Å². The van der Waals surface area contributed by atoms with Gasteiger partial charge in [0.05, 0.1) is 26.2 Å². The van der Waals surface area contributed by atoms with Gasteiger partial charge in [-0.1, -0.05) is 18.5 Å². The summed E-state index contributed by atoms with van der Waals surface area (Å²) in [5.74, 6) is -0.243. The summed E-state index contributed by atoms with van der Waals surface area (Å²) in [6, 6.07) is 4.26. The summed E-state index contributed by atoms with van der Waals surface area (Å²) in [6.07, 6.45) is 0.941. The van der Waals surface area contributed by atoms with E-state index in [0.29, 0.717) is 13.1 Å². The first kappa shape index (κ1) is 22.2. The molecule has 0 spiro atoms. The third-order valence-electron chi connectivity index (χ3n) is 4.89. The molecule has 7 nitrogen and oxygen atoms in total. The number of sulfonamides is 1. The van der Waals surface area contributed by atoms with E-state index in [1.807, 2.05) is 0 Å². The van der Waals surface area contributed by atoms with E-state index in [4.69, 9.17) is 11.6 Å². The molecule has 2 aromatic rings. The molecule has 1 aliphatic rings. The van der Waals surface area contributed by atoms with Crippen LogP contribution < -0.4 is 0 Å². The molecule has 29 heavy (non-hydrogen) atoms. The van der Waals surface area contributed by atoms with Gasteiger partial charge in [0.1, 0.15) is 0 Å². The number of carbonyl (C=O) groups is 1. The smallest absolute Gasteiger partial charge is 0.255 e. The van der Waals surface area contributed by atoms with Crippen LogP contribution in [0.1, 0.15) is 28.0 Å². The van der Waals surface area contributed by atoms with Gasteiger partial charge in [-0.3, -0.25) is 9.69 Å². The number of amides is 1. The highest BCUT2D eigenvalue weighted by molar-refractivity contribution is 7.89. The molecule has 1 aromatic heterocycles. The fraction of sp³-hybridized carbons (Fsp3) is 0.474. The molecule has 0 N–H and O–H groups in total. The maximum Gasteiger partial charge on any atom is 0.255 e. The van der Waals surface area contributed by atoms with Crippen LogP contribution in [-0.4, -0.2) is 73.7 Å². The molecule has 1 fully saturated rings. The fourth-order valence-electron chi connectivity index (χ4n) is 3.13. The number of nitrogens with zero attached hydrogens (tertiary/aromatic N) is 4. The van der Waals surface area contributed by atoms with Gasteiger partial charge in [0, 0.05) is 52.2 Å². The third-order valence-corrected chi connectivity index (χ3v) is 8.08. The van der Waals surface area contributed by atoms with Crippen LogP contribution >= 0.6 is 22.9 Å². The lowest BCUT2D eigenvalue weighted by atomic mass is 10.1. The zero-order valence-electron chi connectivity index (χ0n) is 16.8. The highest BCUT2D eigenvalue weighted by atomic mass is 35.5. The first-order valence-electron chi connectivity index (χ1n) is 9.39. The van der Waals surface area contributed by atoms with E-state index < -0.39 is 10.0 Å². The highest BCUT2D eigenvalue weighted by Crippen LogP contribution is 2.24. The molecule has 10 heteroatoms. The first-order chi connectivity index (χ1) is 13.7. The van der Waals surface area contributed by atoms with Crippen LogP contribution in [0.4, 0.5) is 0 Å². The van der Waals surface area contributed by atoms with E-state index in [1.54, 1.807) is 16.2 Å².